The first kappa shape index (κ1) is 21.2. The van der Waals surface area contributed by atoms with E-state index in [9.17, 15) is 13.2 Å². The standard InChI is InChI=1S/C23H21ClN2O4S/c1-25(31(28,29)20-12-8-18(24)9-13-20)19-10-6-17(7-11-19)16-23(27)26-14-15-30-22-5-3-2-4-21(22)26/h2-13H,14-16H2,1H3. The number of rotatable bonds is 5. The van der Waals surface area contributed by atoms with Crippen LogP contribution >= 0.6 is 11.6 Å². The molecule has 0 aliphatic carbocycles. The van der Waals surface area contributed by atoms with Crippen LogP contribution in [0.1, 0.15) is 5.56 Å². The number of hydrogen-bond acceptors (Lipinski definition) is 4. The van der Waals surface area contributed by atoms with Crippen molar-refractivity contribution in [2.75, 3.05) is 29.4 Å². The average Bonchev–Trinajstić information content (AvgIpc) is 2.79. The monoisotopic (exact) mass is 456 g/mol. The minimum Gasteiger partial charge on any atom is -0.490 e. The zero-order valence-corrected chi connectivity index (χ0v) is 18.4. The SMILES string of the molecule is CN(c1ccc(CC(=O)N2CCOc3ccccc32)cc1)S(=O)(=O)c1ccc(Cl)cc1. The number of ether oxygens (including phenoxy) is 1. The third-order valence-electron chi connectivity index (χ3n) is 5.16. The molecule has 0 aromatic heterocycles. The lowest BCUT2D eigenvalue weighted by molar-refractivity contribution is -0.118. The van der Waals surface area contributed by atoms with Crippen molar-refractivity contribution in [3.8, 4) is 5.75 Å². The summed E-state index contributed by atoms with van der Waals surface area (Å²) in [6.07, 6.45) is 0.211. The molecule has 0 unspecified atom stereocenters. The fourth-order valence-corrected chi connectivity index (χ4v) is 4.75. The lowest BCUT2D eigenvalue weighted by Gasteiger charge is -2.29. The molecule has 3 aromatic rings. The topological polar surface area (TPSA) is 66.9 Å². The quantitative estimate of drug-likeness (QED) is 0.579. The highest BCUT2D eigenvalue weighted by molar-refractivity contribution is 7.92. The fraction of sp³-hybridized carbons (Fsp3) is 0.174. The van der Waals surface area contributed by atoms with E-state index in [0.717, 1.165) is 11.3 Å². The smallest absolute Gasteiger partial charge is 0.264 e. The Morgan fingerprint density at radius 1 is 1.03 bits per heavy atom. The van der Waals surface area contributed by atoms with Gasteiger partial charge in [-0.3, -0.25) is 9.10 Å². The molecule has 1 heterocycles. The van der Waals surface area contributed by atoms with Gasteiger partial charge in [-0.1, -0.05) is 35.9 Å². The molecule has 31 heavy (non-hydrogen) atoms. The summed E-state index contributed by atoms with van der Waals surface area (Å²) in [7, 11) is -2.21. The Morgan fingerprint density at radius 2 is 1.71 bits per heavy atom. The van der Waals surface area contributed by atoms with Gasteiger partial charge in [-0.15, -0.1) is 0 Å². The summed E-state index contributed by atoms with van der Waals surface area (Å²) in [5, 5.41) is 0.471. The van der Waals surface area contributed by atoms with Crippen molar-refractivity contribution >= 4 is 38.9 Å². The van der Waals surface area contributed by atoms with Gasteiger partial charge in [0.15, 0.2) is 0 Å². The van der Waals surface area contributed by atoms with Crippen LogP contribution in [0.5, 0.6) is 5.75 Å². The number of carbonyl (C=O) groups excluding carboxylic acids is 1. The van der Waals surface area contributed by atoms with E-state index in [1.807, 2.05) is 24.3 Å². The second-order valence-electron chi connectivity index (χ2n) is 7.13. The van der Waals surface area contributed by atoms with Gasteiger partial charge in [-0.05, 0) is 54.1 Å². The van der Waals surface area contributed by atoms with Crippen LogP contribution in [0.15, 0.2) is 77.7 Å². The first-order chi connectivity index (χ1) is 14.9. The molecule has 0 saturated carbocycles. The minimum absolute atomic E-state index is 0.0364. The molecule has 0 bridgehead atoms. The maximum absolute atomic E-state index is 12.9. The largest absolute Gasteiger partial charge is 0.490 e. The van der Waals surface area contributed by atoms with Gasteiger partial charge in [0.2, 0.25) is 5.91 Å². The number of benzene rings is 3. The highest BCUT2D eigenvalue weighted by atomic mass is 35.5. The molecule has 1 aliphatic rings. The van der Waals surface area contributed by atoms with Crippen LogP contribution in [-0.4, -0.2) is 34.5 Å². The fourth-order valence-electron chi connectivity index (χ4n) is 3.43. The molecular formula is C23H21ClN2O4S. The van der Waals surface area contributed by atoms with E-state index in [4.69, 9.17) is 16.3 Å². The van der Waals surface area contributed by atoms with Crippen LogP contribution in [-0.2, 0) is 21.2 Å². The normalized spacial score (nSPS) is 13.3. The first-order valence-electron chi connectivity index (χ1n) is 9.72. The molecule has 0 spiro atoms. The molecule has 0 atom stereocenters. The van der Waals surface area contributed by atoms with Gasteiger partial charge in [0.25, 0.3) is 10.0 Å². The van der Waals surface area contributed by atoms with Crippen molar-refractivity contribution in [3.05, 3.63) is 83.4 Å². The molecule has 0 saturated heterocycles. The van der Waals surface area contributed by atoms with Gasteiger partial charge in [0, 0.05) is 12.1 Å². The van der Waals surface area contributed by atoms with Crippen LogP contribution < -0.4 is 13.9 Å². The summed E-state index contributed by atoms with van der Waals surface area (Å²) in [6.45, 7) is 0.949. The molecule has 0 N–H and O–H groups in total. The Kier molecular flexibility index (Phi) is 5.89. The number of nitrogens with zero attached hydrogens (tertiary/aromatic N) is 2. The second-order valence-corrected chi connectivity index (χ2v) is 9.54. The van der Waals surface area contributed by atoms with Gasteiger partial charge >= 0.3 is 0 Å². The Morgan fingerprint density at radius 3 is 2.42 bits per heavy atom. The highest BCUT2D eigenvalue weighted by Crippen LogP contribution is 2.31. The van der Waals surface area contributed by atoms with E-state index in [1.165, 1.54) is 23.5 Å². The zero-order chi connectivity index (χ0) is 22.0. The van der Waals surface area contributed by atoms with Crippen LogP contribution in [0, 0.1) is 0 Å². The number of hydrogen-bond donors (Lipinski definition) is 0. The lowest BCUT2D eigenvalue weighted by atomic mass is 10.1. The maximum Gasteiger partial charge on any atom is 0.264 e. The van der Waals surface area contributed by atoms with E-state index in [2.05, 4.69) is 0 Å². The second kappa shape index (κ2) is 8.61. The predicted molar refractivity (Wildman–Crippen MR) is 121 cm³/mol. The van der Waals surface area contributed by atoms with Gasteiger partial charge < -0.3 is 9.64 Å². The van der Waals surface area contributed by atoms with E-state index >= 15 is 0 Å². The number of sulfonamides is 1. The number of halogens is 1. The van der Waals surface area contributed by atoms with Crippen molar-refractivity contribution in [2.24, 2.45) is 0 Å². The van der Waals surface area contributed by atoms with Crippen LogP contribution in [0.3, 0.4) is 0 Å². The van der Waals surface area contributed by atoms with E-state index in [-0.39, 0.29) is 17.2 Å². The molecule has 0 radical (unpaired) electrons. The summed E-state index contributed by atoms with van der Waals surface area (Å²) in [4.78, 5) is 14.8. The van der Waals surface area contributed by atoms with Gasteiger partial charge in [0.1, 0.15) is 12.4 Å². The summed E-state index contributed by atoms with van der Waals surface area (Å²) in [6, 6.07) is 20.4. The number of carbonyl (C=O) groups is 1. The molecule has 6 nitrogen and oxygen atoms in total. The van der Waals surface area contributed by atoms with Crippen molar-refractivity contribution in [2.45, 2.75) is 11.3 Å². The van der Waals surface area contributed by atoms with Gasteiger partial charge in [0.05, 0.1) is 29.2 Å². The molecule has 160 valence electrons. The van der Waals surface area contributed by atoms with Crippen LogP contribution in [0.25, 0.3) is 0 Å². The Balaban J connectivity index is 1.48. The Labute approximate surface area is 186 Å². The first-order valence-corrected chi connectivity index (χ1v) is 11.5. The highest BCUT2D eigenvalue weighted by Gasteiger charge is 2.24. The van der Waals surface area contributed by atoms with E-state index in [1.54, 1.807) is 41.3 Å². The van der Waals surface area contributed by atoms with Crippen molar-refractivity contribution in [3.63, 3.8) is 0 Å². The van der Waals surface area contributed by atoms with Gasteiger partial charge in [-0.25, -0.2) is 8.42 Å². The predicted octanol–water partition coefficient (Wildman–Crippen LogP) is 4.13. The molecule has 4 rings (SSSR count). The summed E-state index contributed by atoms with van der Waals surface area (Å²) in [5.41, 5.74) is 2.07. The molecule has 1 aliphatic heterocycles. The van der Waals surface area contributed by atoms with Crippen molar-refractivity contribution in [1.29, 1.82) is 0 Å². The third-order valence-corrected chi connectivity index (χ3v) is 7.21. The maximum atomic E-state index is 12.9. The Bertz CT molecular complexity index is 1200. The molecule has 3 aromatic carbocycles. The molecule has 8 heteroatoms. The number of anilines is 2. The number of fused-ring (bicyclic) bond motifs is 1. The van der Waals surface area contributed by atoms with Crippen LogP contribution in [0.4, 0.5) is 11.4 Å². The summed E-state index contributed by atoms with van der Waals surface area (Å²) >= 11 is 5.85. The molecule has 0 fully saturated rings. The summed E-state index contributed by atoms with van der Waals surface area (Å²) in [5.74, 6) is 0.664. The van der Waals surface area contributed by atoms with Crippen molar-refractivity contribution in [1.82, 2.24) is 0 Å². The third kappa shape index (κ3) is 4.38. The number of amides is 1. The van der Waals surface area contributed by atoms with E-state index in [0.29, 0.717) is 29.6 Å². The average molecular weight is 457 g/mol. The van der Waals surface area contributed by atoms with Gasteiger partial charge in [-0.2, -0.15) is 0 Å². The lowest BCUT2D eigenvalue weighted by Crippen LogP contribution is -2.38. The molecule has 1 amide bonds. The minimum atomic E-state index is -3.71. The van der Waals surface area contributed by atoms with E-state index < -0.39 is 10.0 Å². The number of para-hydroxylation sites is 2. The van der Waals surface area contributed by atoms with Crippen molar-refractivity contribution < 1.29 is 17.9 Å². The zero-order valence-electron chi connectivity index (χ0n) is 16.9. The molecular weight excluding hydrogens is 436 g/mol. The summed E-state index contributed by atoms with van der Waals surface area (Å²) < 4.78 is 32.5. The van der Waals surface area contributed by atoms with Crippen LogP contribution in [0.2, 0.25) is 5.02 Å². The Hall–Kier alpha value is -3.03.